The summed E-state index contributed by atoms with van der Waals surface area (Å²) in [6.45, 7) is 0.663. The molecule has 0 amide bonds. The second-order valence-corrected chi connectivity index (χ2v) is 5.83. The zero-order valence-electron chi connectivity index (χ0n) is 11.6. The molecule has 22 heavy (non-hydrogen) atoms. The van der Waals surface area contributed by atoms with E-state index < -0.39 is 0 Å². The molecule has 0 spiro atoms. The average Bonchev–Trinajstić information content (AvgIpc) is 3.01. The maximum Gasteiger partial charge on any atom is 0.155 e. The molecule has 1 N–H and O–H groups in total. The highest BCUT2D eigenvalue weighted by Crippen LogP contribution is 2.25. The van der Waals surface area contributed by atoms with Crippen LogP contribution in [0.25, 0.3) is 16.6 Å². The number of benzene rings is 1. The summed E-state index contributed by atoms with van der Waals surface area (Å²) in [5.41, 5.74) is 3.91. The number of aromatic nitrogens is 4. The summed E-state index contributed by atoms with van der Waals surface area (Å²) in [5, 5.41) is 8.86. The van der Waals surface area contributed by atoms with E-state index in [9.17, 15) is 0 Å². The van der Waals surface area contributed by atoms with Crippen LogP contribution in [0.5, 0.6) is 0 Å². The molecule has 0 fully saturated rings. The second-order valence-electron chi connectivity index (χ2n) is 4.91. The molecule has 4 aromatic rings. The first-order chi connectivity index (χ1) is 10.8. The number of hydrogen-bond acceptors (Lipinski definition) is 4. The van der Waals surface area contributed by atoms with E-state index in [0.717, 1.165) is 32.4 Å². The van der Waals surface area contributed by atoms with Crippen LogP contribution >= 0.6 is 15.9 Å². The Morgan fingerprint density at radius 1 is 1.00 bits per heavy atom. The summed E-state index contributed by atoms with van der Waals surface area (Å²) in [4.78, 5) is 8.68. The Labute approximate surface area is 135 Å². The lowest BCUT2D eigenvalue weighted by Gasteiger charge is -2.10. The van der Waals surface area contributed by atoms with Gasteiger partial charge in [-0.05, 0) is 30.3 Å². The van der Waals surface area contributed by atoms with E-state index in [-0.39, 0.29) is 0 Å². The first-order valence-electron chi connectivity index (χ1n) is 6.87. The smallest absolute Gasteiger partial charge is 0.155 e. The third kappa shape index (κ3) is 2.31. The number of anilines is 1. The van der Waals surface area contributed by atoms with Crippen LogP contribution in [0.15, 0.2) is 59.5 Å². The van der Waals surface area contributed by atoms with E-state index in [4.69, 9.17) is 0 Å². The number of halogens is 1. The van der Waals surface area contributed by atoms with E-state index >= 15 is 0 Å². The normalized spacial score (nSPS) is 11.1. The van der Waals surface area contributed by atoms with Gasteiger partial charge >= 0.3 is 0 Å². The van der Waals surface area contributed by atoms with Gasteiger partial charge in [0.1, 0.15) is 0 Å². The van der Waals surface area contributed by atoms with Crippen molar-refractivity contribution in [2.75, 3.05) is 5.32 Å². The van der Waals surface area contributed by atoms with Crippen molar-refractivity contribution in [3.8, 4) is 0 Å². The molecular weight excluding hydrogens is 342 g/mol. The van der Waals surface area contributed by atoms with Crippen LogP contribution in [-0.4, -0.2) is 19.6 Å². The van der Waals surface area contributed by atoms with Gasteiger partial charge in [0, 0.05) is 34.0 Å². The Morgan fingerprint density at radius 3 is 2.86 bits per heavy atom. The summed E-state index contributed by atoms with van der Waals surface area (Å²) in [6, 6.07) is 11.9. The van der Waals surface area contributed by atoms with Crippen LogP contribution in [0.1, 0.15) is 5.69 Å². The number of pyridine rings is 1. The van der Waals surface area contributed by atoms with Gasteiger partial charge in [0.2, 0.25) is 0 Å². The average molecular weight is 354 g/mol. The first-order valence-corrected chi connectivity index (χ1v) is 7.66. The van der Waals surface area contributed by atoms with Crippen molar-refractivity contribution in [1.29, 1.82) is 0 Å². The molecular formula is C16H12BrN5. The van der Waals surface area contributed by atoms with E-state index in [0.29, 0.717) is 6.54 Å². The van der Waals surface area contributed by atoms with Gasteiger partial charge < -0.3 is 5.32 Å². The molecule has 0 atom stereocenters. The molecule has 3 aromatic heterocycles. The molecule has 108 valence electrons. The Hall–Kier alpha value is -2.47. The Morgan fingerprint density at radius 2 is 1.91 bits per heavy atom. The molecule has 0 aliphatic heterocycles. The molecule has 3 heterocycles. The van der Waals surface area contributed by atoms with E-state index in [1.807, 2.05) is 41.0 Å². The Balaban J connectivity index is 1.68. The molecule has 0 saturated carbocycles. The van der Waals surface area contributed by atoms with Crippen molar-refractivity contribution in [3.63, 3.8) is 0 Å². The zero-order chi connectivity index (χ0) is 14.9. The predicted octanol–water partition coefficient (Wildman–Crippen LogP) is 3.65. The minimum Gasteiger partial charge on any atom is -0.379 e. The van der Waals surface area contributed by atoms with Crippen molar-refractivity contribution in [2.24, 2.45) is 0 Å². The summed E-state index contributed by atoms with van der Waals surface area (Å²) in [6.07, 6.45) is 5.37. The standard InChI is InChI=1S/C16H12BrN5/c17-11-1-2-13-14(4-7-18-15(13)9-11)20-10-12-3-6-19-16-5-8-21-22(12)16/h1-9H,10H2,(H,18,20). The minimum atomic E-state index is 0.663. The van der Waals surface area contributed by atoms with Gasteiger partial charge in [0.25, 0.3) is 0 Å². The molecule has 0 bridgehead atoms. The topological polar surface area (TPSA) is 55.1 Å². The molecule has 0 unspecified atom stereocenters. The van der Waals surface area contributed by atoms with Gasteiger partial charge in [-0.2, -0.15) is 5.10 Å². The number of fused-ring (bicyclic) bond motifs is 2. The third-order valence-electron chi connectivity index (χ3n) is 3.53. The molecule has 0 aliphatic rings. The highest BCUT2D eigenvalue weighted by Gasteiger charge is 2.05. The molecule has 0 aliphatic carbocycles. The van der Waals surface area contributed by atoms with Crippen molar-refractivity contribution < 1.29 is 0 Å². The summed E-state index contributed by atoms with van der Waals surface area (Å²) < 4.78 is 2.87. The van der Waals surface area contributed by atoms with Gasteiger partial charge in [-0.15, -0.1) is 0 Å². The lowest BCUT2D eigenvalue weighted by molar-refractivity contribution is 0.854. The largest absolute Gasteiger partial charge is 0.379 e. The van der Waals surface area contributed by atoms with Crippen LogP contribution in [-0.2, 0) is 6.54 Å². The zero-order valence-corrected chi connectivity index (χ0v) is 13.2. The van der Waals surface area contributed by atoms with Crippen LogP contribution in [0.4, 0.5) is 5.69 Å². The van der Waals surface area contributed by atoms with Crippen molar-refractivity contribution in [3.05, 3.63) is 65.2 Å². The lowest BCUT2D eigenvalue weighted by atomic mass is 10.2. The number of hydrogen-bond donors (Lipinski definition) is 1. The van der Waals surface area contributed by atoms with E-state index in [1.54, 1.807) is 12.4 Å². The maximum absolute atomic E-state index is 4.40. The Kier molecular flexibility index (Phi) is 3.23. The second kappa shape index (κ2) is 5.38. The molecule has 6 heteroatoms. The van der Waals surface area contributed by atoms with Crippen molar-refractivity contribution in [1.82, 2.24) is 19.6 Å². The van der Waals surface area contributed by atoms with Crippen LogP contribution < -0.4 is 5.32 Å². The van der Waals surface area contributed by atoms with Gasteiger partial charge in [0.15, 0.2) is 5.65 Å². The molecule has 0 radical (unpaired) electrons. The summed E-state index contributed by atoms with van der Waals surface area (Å²) in [5.74, 6) is 0. The summed E-state index contributed by atoms with van der Waals surface area (Å²) >= 11 is 3.48. The van der Waals surface area contributed by atoms with Crippen LogP contribution in [0.3, 0.4) is 0 Å². The van der Waals surface area contributed by atoms with Crippen molar-refractivity contribution in [2.45, 2.75) is 6.54 Å². The van der Waals surface area contributed by atoms with Gasteiger partial charge in [-0.1, -0.05) is 15.9 Å². The van der Waals surface area contributed by atoms with E-state index in [2.05, 4.69) is 42.4 Å². The predicted molar refractivity (Wildman–Crippen MR) is 89.8 cm³/mol. The first kappa shape index (κ1) is 13.2. The lowest BCUT2D eigenvalue weighted by Crippen LogP contribution is -2.06. The maximum atomic E-state index is 4.40. The third-order valence-corrected chi connectivity index (χ3v) is 4.03. The fraction of sp³-hybridized carbons (Fsp3) is 0.0625. The van der Waals surface area contributed by atoms with Crippen LogP contribution in [0, 0.1) is 0 Å². The number of rotatable bonds is 3. The minimum absolute atomic E-state index is 0.663. The number of nitrogens with one attached hydrogen (secondary N) is 1. The molecule has 5 nitrogen and oxygen atoms in total. The molecule has 0 saturated heterocycles. The SMILES string of the molecule is Brc1ccc2c(NCc3ccnc4ccnn34)ccnc2c1. The van der Waals surface area contributed by atoms with Gasteiger partial charge in [0.05, 0.1) is 24.0 Å². The fourth-order valence-electron chi connectivity index (χ4n) is 2.48. The highest BCUT2D eigenvalue weighted by molar-refractivity contribution is 9.10. The molecule has 1 aromatic carbocycles. The fourth-order valence-corrected chi connectivity index (χ4v) is 2.83. The van der Waals surface area contributed by atoms with E-state index in [1.165, 1.54) is 0 Å². The monoisotopic (exact) mass is 353 g/mol. The van der Waals surface area contributed by atoms with Gasteiger partial charge in [-0.25, -0.2) is 9.50 Å². The quantitative estimate of drug-likeness (QED) is 0.610. The highest BCUT2D eigenvalue weighted by atomic mass is 79.9. The van der Waals surface area contributed by atoms with Gasteiger partial charge in [-0.3, -0.25) is 4.98 Å². The number of nitrogens with zero attached hydrogens (tertiary/aromatic N) is 4. The molecule has 4 rings (SSSR count). The Bertz CT molecular complexity index is 963. The van der Waals surface area contributed by atoms with Crippen LogP contribution in [0.2, 0.25) is 0 Å². The summed E-state index contributed by atoms with van der Waals surface area (Å²) in [7, 11) is 0. The van der Waals surface area contributed by atoms with Crippen molar-refractivity contribution >= 4 is 38.2 Å².